The van der Waals surface area contributed by atoms with Gasteiger partial charge in [0.15, 0.2) is 6.29 Å². The summed E-state index contributed by atoms with van der Waals surface area (Å²) in [6.07, 6.45) is -6.93. The Balaban J connectivity index is 1.16. The number of carboxylic acid groups (broad SMARTS) is 1. The molecule has 1 heterocycles. The summed E-state index contributed by atoms with van der Waals surface area (Å²) in [5, 5.41) is 49.0. The number of amides is 1. The van der Waals surface area contributed by atoms with E-state index in [1.54, 1.807) is 19.1 Å². The zero-order chi connectivity index (χ0) is 42.5. The van der Waals surface area contributed by atoms with Crippen molar-refractivity contribution in [3.05, 3.63) is 39.0 Å². The van der Waals surface area contributed by atoms with Crippen molar-refractivity contribution >= 4 is 55.3 Å². The fraction of sp³-hybridized carbons (Fsp3) is 0.730. The maximum absolute atomic E-state index is 12.8. The molecule has 8 N–H and O–H groups in total. The molecule has 1 aromatic rings. The smallest absolute Gasteiger partial charge is 0.397 e. The number of rotatable bonds is 15. The highest BCUT2D eigenvalue weighted by atomic mass is 127. The number of fused-ring (bicyclic) bond motifs is 3. The maximum Gasteiger partial charge on any atom is 0.397 e. The lowest BCUT2D eigenvalue weighted by atomic mass is 9.43. The Morgan fingerprint density at radius 3 is 2.38 bits per heavy atom. The van der Waals surface area contributed by atoms with Crippen LogP contribution >= 0.6 is 22.6 Å². The van der Waals surface area contributed by atoms with E-state index in [1.165, 1.54) is 0 Å². The van der Waals surface area contributed by atoms with E-state index in [9.17, 15) is 56.0 Å². The van der Waals surface area contributed by atoms with Crippen LogP contribution in [-0.4, -0.2) is 121 Å². The lowest BCUT2D eigenvalue weighted by molar-refractivity contribution is -0.309. The number of hydrogen-bond acceptors (Lipinski definition) is 14. The molecule has 1 spiro atoms. The highest BCUT2D eigenvalue weighted by Gasteiger charge is 2.67. The number of carboxylic acids is 1. The average molecular weight is 973 g/mol. The van der Waals surface area contributed by atoms with Crippen LogP contribution in [0.5, 0.6) is 5.75 Å². The van der Waals surface area contributed by atoms with Crippen molar-refractivity contribution in [2.75, 3.05) is 19.6 Å². The second-order valence-corrected chi connectivity index (χ2v) is 20.1. The minimum absolute atomic E-state index is 0.00273. The number of aryl methyl sites for hydroxylation is 2. The monoisotopic (exact) mass is 972 g/mol. The summed E-state index contributed by atoms with van der Waals surface area (Å²) in [5.74, 6) is -2.15. The van der Waals surface area contributed by atoms with Crippen molar-refractivity contribution in [1.82, 2.24) is 10.6 Å². The Hall–Kier alpha value is -2.03. The van der Waals surface area contributed by atoms with Gasteiger partial charge >= 0.3 is 26.8 Å². The van der Waals surface area contributed by atoms with Gasteiger partial charge in [0.1, 0.15) is 30.2 Å². The quantitative estimate of drug-likeness (QED) is 0.0410. The van der Waals surface area contributed by atoms with E-state index in [-0.39, 0.29) is 61.9 Å². The number of nitrogens with one attached hydrogen (secondary N) is 2. The Bertz CT molecular complexity index is 1950. The van der Waals surface area contributed by atoms with Gasteiger partial charge in [-0.1, -0.05) is 19.6 Å². The molecule has 0 radical (unpaired) electrons. The lowest BCUT2D eigenvalue weighted by Crippen LogP contribution is -2.64. The summed E-state index contributed by atoms with van der Waals surface area (Å²) in [7, 11) is -10.7. The summed E-state index contributed by atoms with van der Waals surface area (Å²) >= 11 is 2.01. The van der Waals surface area contributed by atoms with Gasteiger partial charge in [0, 0.05) is 31.5 Å². The molecule has 58 heavy (non-hydrogen) atoms. The Morgan fingerprint density at radius 2 is 1.72 bits per heavy atom. The Labute approximate surface area is 351 Å². The van der Waals surface area contributed by atoms with Crippen LogP contribution in [0.25, 0.3) is 0 Å². The summed E-state index contributed by atoms with van der Waals surface area (Å²) < 4.78 is 89.6. The molecule has 1 aliphatic heterocycles. The van der Waals surface area contributed by atoms with E-state index >= 15 is 0 Å². The van der Waals surface area contributed by atoms with Crippen molar-refractivity contribution in [3.8, 4) is 5.75 Å². The number of aliphatic hydroxyl groups excluding tert-OH is 2. The summed E-state index contributed by atoms with van der Waals surface area (Å²) in [5.41, 5.74) is 1.25. The number of carbonyl (C=O) groups is 2. The standard InChI is InChI=1S/C37H53IN2O16S2/c1-18-12-20(13-25(38)29(18)42)4-7-28(41)40-11-10-39-17-26-31(55-57(47,48)49)32(56-58(50,51)52)30(43)35(54-26)53-22-14-23(34(45)46)24-8-9-37-15-21(19(2)33(37)44)5-6-27(37)36(24,3)16-22/h12-13,21-24,26-27,30-33,35,39,42-44H,2,4-11,14-17H2,1,3H3,(H,40,41)(H,45,46)(H,47,48,49)(H,50,51,52)/t21?,22?,23?,24?,26-,27?,30?,31+,32+,33-,35+,36?,37?/m0/s1. The molecule has 4 aliphatic carbocycles. The van der Waals surface area contributed by atoms with E-state index in [2.05, 4.69) is 17.2 Å². The molecular formula is C37H53IN2O16S2. The predicted octanol–water partition coefficient (Wildman–Crippen LogP) is 2.03. The van der Waals surface area contributed by atoms with Crippen molar-refractivity contribution < 1.29 is 73.8 Å². The lowest BCUT2D eigenvalue weighted by Gasteiger charge is -2.62. The van der Waals surface area contributed by atoms with Gasteiger partial charge in [0.05, 0.1) is 21.7 Å². The van der Waals surface area contributed by atoms with Crippen molar-refractivity contribution in [2.45, 2.75) is 115 Å². The molecule has 6 rings (SSSR count). The first-order valence-electron chi connectivity index (χ1n) is 19.4. The van der Waals surface area contributed by atoms with Gasteiger partial charge in [-0.15, -0.1) is 0 Å². The van der Waals surface area contributed by atoms with Gasteiger partial charge in [-0.25, -0.2) is 8.37 Å². The van der Waals surface area contributed by atoms with Crippen molar-refractivity contribution in [2.24, 2.45) is 34.5 Å². The second-order valence-electron chi connectivity index (χ2n) is 16.8. The van der Waals surface area contributed by atoms with E-state index in [4.69, 9.17) is 17.8 Å². The van der Waals surface area contributed by atoms with Gasteiger partial charge in [0.2, 0.25) is 5.91 Å². The molecule has 5 aliphatic rings. The molecule has 2 bridgehead atoms. The van der Waals surface area contributed by atoms with Gasteiger partial charge < -0.3 is 40.5 Å². The molecule has 5 fully saturated rings. The number of phenols is 1. The van der Waals surface area contributed by atoms with E-state index in [0.29, 0.717) is 34.8 Å². The number of aromatic hydroxyl groups is 1. The molecule has 4 saturated carbocycles. The summed E-state index contributed by atoms with van der Waals surface area (Å²) in [6.45, 7) is 7.78. The largest absolute Gasteiger partial charge is 0.507 e. The van der Waals surface area contributed by atoms with E-state index in [0.717, 1.165) is 30.4 Å². The van der Waals surface area contributed by atoms with Crippen LogP contribution in [-0.2, 0) is 54.6 Å². The van der Waals surface area contributed by atoms with Gasteiger partial charge in [-0.3, -0.25) is 18.7 Å². The third-order valence-corrected chi connectivity index (χ3v) is 15.2. The number of phenolic OH excluding ortho intramolecular Hbond substituents is 1. The van der Waals surface area contributed by atoms with Gasteiger partial charge in [0.25, 0.3) is 0 Å². The van der Waals surface area contributed by atoms with E-state index < -0.39 is 86.4 Å². The highest BCUT2D eigenvalue weighted by Crippen LogP contribution is 2.70. The first-order valence-corrected chi connectivity index (χ1v) is 23.2. The number of ether oxygens (including phenoxy) is 2. The first kappa shape index (κ1) is 45.5. The summed E-state index contributed by atoms with van der Waals surface area (Å²) in [4.78, 5) is 25.4. The molecular weight excluding hydrogens is 919 g/mol. The highest BCUT2D eigenvalue weighted by molar-refractivity contribution is 14.1. The summed E-state index contributed by atoms with van der Waals surface area (Å²) in [6, 6.07) is 3.57. The van der Waals surface area contributed by atoms with Crippen molar-refractivity contribution in [3.63, 3.8) is 0 Å². The normalized spacial score (nSPS) is 37.5. The number of hydrogen-bond donors (Lipinski definition) is 8. The van der Waals surface area contributed by atoms with E-state index in [1.807, 2.05) is 29.5 Å². The van der Waals surface area contributed by atoms with Crippen molar-refractivity contribution in [1.29, 1.82) is 0 Å². The fourth-order valence-electron chi connectivity index (χ4n) is 11.0. The van der Waals surface area contributed by atoms with Crippen LogP contribution in [0.15, 0.2) is 24.3 Å². The number of aliphatic carboxylic acids is 1. The zero-order valence-electron chi connectivity index (χ0n) is 32.2. The number of halogens is 1. The second kappa shape index (κ2) is 17.4. The van der Waals surface area contributed by atoms with Crippen LogP contribution in [0, 0.1) is 45.0 Å². The molecule has 1 aromatic carbocycles. The Kier molecular flexibility index (Phi) is 13.6. The third-order valence-electron chi connectivity index (χ3n) is 13.4. The van der Waals surface area contributed by atoms with Gasteiger partial charge in [-0.05, 0) is 127 Å². The minimum atomic E-state index is -5.39. The molecule has 326 valence electrons. The average Bonchev–Trinajstić information content (AvgIpc) is 3.29. The molecule has 1 amide bonds. The third kappa shape index (κ3) is 9.54. The molecule has 21 heteroatoms. The molecule has 8 unspecified atom stereocenters. The SMILES string of the molecule is C=C1C2CCC3C4(C)CC(O[C@@H]5O[C@@H](CNCCNC(=O)CCc6cc(C)c(O)c(I)c6)[C@@H](OS(=O)(=O)O)[C@H](OS(=O)(=O)O)C5O)CC(C(=O)O)C4CCC3(C2)[C@H]1O. The number of aliphatic hydroxyl groups is 2. The maximum atomic E-state index is 12.8. The molecule has 18 nitrogen and oxygen atoms in total. The topological polar surface area (TPSA) is 285 Å². The van der Waals surface area contributed by atoms with Crippen LogP contribution in [0.1, 0.15) is 69.4 Å². The molecule has 13 atom stereocenters. The zero-order valence-corrected chi connectivity index (χ0v) is 35.9. The number of benzene rings is 1. The number of carbonyl (C=O) groups excluding carboxylic acids is 1. The molecule has 1 saturated heterocycles. The minimum Gasteiger partial charge on any atom is -0.507 e. The first-order chi connectivity index (χ1) is 27.0. The van der Waals surface area contributed by atoms with Crippen LogP contribution < -0.4 is 10.6 Å². The van der Waals surface area contributed by atoms with Crippen LogP contribution in [0.2, 0.25) is 0 Å². The fourth-order valence-corrected chi connectivity index (χ4v) is 12.9. The predicted molar refractivity (Wildman–Crippen MR) is 212 cm³/mol. The Morgan fingerprint density at radius 1 is 1.03 bits per heavy atom. The molecule has 0 aromatic heterocycles. The van der Waals surface area contributed by atoms with Gasteiger partial charge in [-0.2, -0.15) is 16.8 Å². The van der Waals surface area contributed by atoms with Crippen LogP contribution in [0.4, 0.5) is 0 Å². The van der Waals surface area contributed by atoms with Crippen LogP contribution in [0.3, 0.4) is 0 Å².